The number of aromatic amines is 1. The second kappa shape index (κ2) is 4.22. The third kappa shape index (κ3) is 1.70. The molecule has 0 saturated heterocycles. The summed E-state index contributed by atoms with van der Waals surface area (Å²) in [5.74, 6) is -2.06. The number of nitrogens with one attached hydrogen (secondary N) is 1. The highest BCUT2D eigenvalue weighted by Gasteiger charge is 2.22. The molecule has 1 aromatic carbocycles. The molecule has 0 aliphatic heterocycles. The SMILES string of the molecule is Cn1c(=O)[nH]c2ccc(F)c(-c3nnc(C(F)F)o3)c21. The molecule has 0 radical (unpaired) electrons. The number of benzene rings is 1. The van der Waals surface area contributed by atoms with E-state index < -0.39 is 29.7 Å². The molecule has 0 unspecified atom stereocenters. The Morgan fingerprint density at radius 2 is 2.10 bits per heavy atom. The molecule has 3 aromatic rings. The van der Waals surface area contributed by atoms with Crippen LogP contribution < -0.4 is 5.69 Å². The maximum Gasteiger partial charge on any atom is 0.326 e. The van der Waals surface area contributed by atoms with Gasteiger partial charge in [0.05, 0.1) is 11.0 Å². The highest BCUT2D eigenvalue weighted by atomic mass is 19.3. The third-order valence-electron chi connectivity index (χ3n) is 2.85. The summed E-state index contributed by atoms with van der Waals surface area (Å²) in [4.78, 5) is 14.0. The molecule has 0 atom stereocenters. The summed E-state index contributed by atoms with van der Waals surface area (Å²) >= 11 is 0. The van der Waals surface area contributed by atoms with Crippen molar-refractivity contribution in [1.29, 1.82) is 0 Å². The molecule has 104 valence electrons. The van der Waals surface area contributed by atoms with Crippen LogP contribution in [0.4, 0.5) is 13.2 Å². The fourth-order valence-corrected chi connectivity index (χ4v) is 1.94. The first kappa shape index (κ1) is 12.5. The summed E-state index contributed by atoms with van der Waals surface area (Å²) in [6.07, 6.45) is -2.95. The summed E-state index contributed by atoms with van der Waals surface area (Å²) in [7, 11) is 1.41. The van der Waals surface area contributed by atoms with Crippen molar-refractivity contribution in [2.75, 3.05) is 0 Å². The van der Waals surface area contributed by atoms with Gasteiger partial charge in [-0.3, -0.25) is 4.57 Å². The van der Waals surface area contributed by atoms with Gasteiger partial charge in [0.15, 0.2) is 0 Å². The van der Waals surface area contributed by atoms with Crippen LogP contribution in [0.1, 0.15) is 12.3 Å². The van der Waals surface area contributed by atoms with E-state index in [4.69, 9.17) is 4.42 Å². The molecule has 2 aromatic heterocycles. The lowest BCUT2D eigenvalue weighted by Gasteiger charge is -2.02. The molecule has 0 spiro atoms. The van der Waals surface area contributed by atoms with Gasteiger partial charge in [0.1, 0.15) is 11.4 Å². The van der Waals surface area contributed by atoms with Crippen LogP contribution in [0.3, 0.4) is 0 Å². The zero-order chi connectivity index (χ0) is 14.4. The Balaban J connectivity index is 2.33. The topological polar surface area (TPSA) is 76.7 Å². The Morgan fingerprint density at radius 3 is 2.75 bits per heavy atom. The van der Waals surface area contributed by atoms with Gasteiger partial charge in [-0.05, 0) is 12.1 Å². The van der Waals surface area contributed by atoms with Gasteiger partial charge in [-0.15, -0.1) is 10.2 Å². The smallest absolute Gasteiger partial charge is 0.326 e. The van der Waals surface area contributed by atoms with Gasteiger partial charge in [0.2, 0.25) is 0 Å². The van der Waals surface area contributed by atoms with Crippen LogP contribution in [0.25, 0.3) is 22.5 Å². The van der Waals surface area contributed by atoms with Crippen molar-refractivity contribution < 1.29 is 17.6 Å². The zero-order valence-electron chi connectivity index (χ0n) is 10.0. The summed E-state index contributed by atoms with van der Waals surface area (Å²) < 4.78 is 44.7. The number of hydrogen-bond acceptors (Lipinski definition) is 4. The van der Waals surface area contributed by atoms with Crippen LogP contribution in [-0.2, 0) is 7.05 Å². The summed E-state index contributed by atoms with van der Waals surface area (Å²) in [5, 5.41) is 6.55. The summed E-state index contributed by atoms with van der Waals surface area (Å²) in [6.45, 7) is 0. The van der Waals surface area contributed by atoms with E-state index in [1.54, 1.807) is 0 Å². The first-order valence-electron chi connectivity index (χ1n) is 5.48. The molecular formula is C11H7F3N4O2. The fourth-order valence-electron chi connectivity index (χ4n) is 1.94. The molecule has 0 aliphatic rings. The van der Waals surface area contributed by atoms with Gasteiger partial charge < -0.3 is 9.40 Å². The maximum atomic E-state index is 14.0. The maximum absolute atomic E-state index is 14.0. The molecule has 0 amide bonds. The van der Waals surface area contributed by atoms with E-state index in [2.05, 4.69) is 15.2 Å². The van der Waals surface area contributed by atoms with Crippen molar-refractivity contribution in [1.82, 2.24) is 19.7 Å². The number of alkyl halides is 2. The highest BCUT2D eigenvalue weighted by molar-refractivity contribution is 5.90. The minimum Gasteiger partial charge on any atom is -0.415 e. The molecule has 0 aliphatic carbocycles. The van der Waals surface area contributed by atoms with Crippen LogP contribution in [0.5, 0.6) is 0 Å². The number of nitrogens with zero attached hydrogens (tertiary/aromatic N) is 3. The van der Waals surface area contributed by atoms with E-state index >= 15 is 0 Å². The lowest BCUT2D eigenvalue weighted by atomic mass is 10.1. The predicted octanol–water partition coefficient (Wildman–Crippen LogP) is 1.99. The predicted molar refractivity (Wildman–Crippen MR) is 61.7 cm³/mol. The largest absolute Gasteiger partial charge is 0.415 e. The molecule has 6 nitrogen and oxygen atoms in total. The number of halogens is 3. The number of rotatable bonds is 2. The standard InChI is InChI=1S/C11H7F3N4O2/c1-18-7-5(15-11(18)19)3-2-4(12)6(7)9-16-17-10(20-9)8(13)14/h2-3,8H,1H3,(H,15,19). The van der Waals surface area contributed by atoms with E-state index in [-0.39, 0.29) is 11.1 Å². The highest BCUT2D eigenvalue weighted by Crippen LogP contribution is 2.30. The minimum atomic E-state index is -2.95. The molecule has 0 saturated carbocycles. The van der Waals surface area contributed by atoms with Gasteiger partial charge >= 0.3 is 12.1 Å². The minimum absolute atomic E-state index is 0.166. The molecule has 0 fully saturated rings. The van der Waals surface area contributed by atoms with Gasteiger partial charge in [-0.25, -0.2) is 9.18 Å². The van der Waals surface area contributed by atoms with Crippen molar-refractivity contribution >= 4 is 11.0 Å². The van der Waals surface area contributed by atoms with Crippen molar-refractivity contribution in [3.05, 3.63) is 34.3 Å². The van der Waals surface area contributed by atoms with Gasteiger partial charge in [0.25, 0.3) is 11.8 Å². The van der Waals surface area contributed by atoms with E-state index in [1.807, 2.05) is 0 Å². The molecule has 3 rings (SSSR count). The van der Waals surface area contributed by atoms with Crippen LogP contribution in [-0.4, -0.2) is 19.7 Å². The van der Waals surface area contributed by atoms with Crippen LogP contribution >= 0.6 is 0 Å². The van der Waals surface area contributed by atoms with Crippen LogP contribution in [0, 0.1) is 5.82 Å². The Bertz CT molecular complexity index is 849. The first-order chi connectivity index (χ1) is 9.49. The second-order valence-electron chi connectivity index (χ2n) is 4.05. The van der Waals surface area contributed by atoms with Crippen molar-refractivity contribution in [3.8, 4) is 11.5 Å². The Kier molecular flexibility index (Phi) is 2.63. The van der Waals surface area contributed by atoms with E-state index in [0.717, 1.165) is 10.6 Å². The molecule has 2 heterocycles. The lowest BCUT2D eigenvalue weighted by molar-refractivity contribution is 0.116. The summed E-state index contributed by atoms with van der Waals surface area (Å²) in [5.41, 5.74) is -0.159. The van der Waals surface area contributed by atoms with Gasteiger partial charge in [-0.2, -0.15) is 8.78 Å². The molecule has 1 N–H and O–H groups in total. The van der Waals surface area contributed by atoms with Crippen molar-refractivity contribution in [3.63, 3.8) is 0 Å². The second-order valence-corrected chi connectivity index (χ2v) is 4.05. The van der Waals surface area contributed by atoms with E-state index in [0.29, 0.717) is 5.52 Å². The monoisotopic (exact) mass is 284 g/mol. The quantitative estimate of drug-likeness (QED) is 0.780. The number of imidazole rings is 1. The van der Waals surface area contributed by atoms with Crippen molar-refractivity contribution in [2.24, 2.45) is 7.05 Å². The molecule has 0 bridgehead atoms. The number of aromatic nitrogens is 4. The molecule has 20 heavy (non-hydrogen) atoms. The Labute approximate surface area is 108 Å². The van der Waals surface area contributed by atoms with Crippen LogP contribution in [0.2, 0.25) is 0 Å². The number of fused-ring (bicyclic) bond motifs is 1. The Hall–Kier alpha value is -2.58. The molecular weight excluding hydrogens is 277 g/mol. The summed E-state index contributed by atoms with van der Waals surface area (Å²) in [6, 6.07) is 2.44. The lowest BCUT2D eigenvalue weighted by Crippen LogP contribution is -2.12. The average molecular weight is 284 g/mol. The van der Waals surface area contributed by atoms with E-state index in [1.165, 1.54) is 13.1 Å². The normalized spacial score (nSPS) is 11.7. The average Bonchev–Trinajstić information content (AvgIpc) is 2.98. The van der Waals surface area contributed by atoms with Crippen molar-refractivity contribution in [2.45, 2.75) is 6.43 Å². The zero-order valence-corrected chi connectivity index (χ0v) is 10.0. The van der Waals surface area contributed by atoms with E-state index in [9.17, 15) is 18.0 Å². The molecule has 9 heteroatoms. The van der Waals surface area contributed by atoms with Gasteiger partial charge in [-0.1, -0.05) is 0 Å². The van der Waals surface area contributed by atoms with Gasteiger partial charge in [0, 0.05) is 7.05 Å². The number of H-pyrrole nitrogens is 1. The number of hydrogen-bond donors (Lipinski definition) is 1. The van der Waals surface area contributed by atoms with Crippen LogP contribution in [0.15, 0.2) is 21.3 Å². The third-order valence-corrected chi connectivity index (χ3v) is 2.85. The first-order valence-corrected chi connectivity index (χ1v) is 5.48. The fraction of sp³-hybridized carbons (Fsp3) is 0.182. The number of aryl methyl sites for hydroxylation is 1. The Morgan fingerprint density at radius 1 is 1.35 bits per heavy atom.